The lowest BCUT2D eigenvalue weighted by Crippen LogP contribution is -2.27. The molecule has 4 aromatic rings. The standard InChI is InChI=1S/C30H24N2O6S2/c1-37-26-17-20(13-14-25(26)38-15-16-39-27-12-6-9-21-7-2-4-10-23(21)27)18-28-29(33)31(30(34)40-28)19-22-8-3-5-11-24(22)32(35)36/h2-14,17-18H,15-16,19H2,1H3/b28-18-. The molecule has 1 aliphatic heterocycles. The van der Waals surface area contributed by atoms with Crippen molar-refractivity contribution in [1.82, 2.24) is 4.90 Å². The second-order valence-corrected chi connectivity index (χ2v) is 10.9. The first-order valence-electron chi connectivity index (χ1n) is 12.3. The summed E-state index contributed by atoms with van der Waals surface area (Å²) in [7, 11) is 1.54. The highest BCUT2D eigenvalue weighted by molar-refractivity contribution is 8.18. The minimum Gasteiger partial charge on any atom is -0.493 e. The van der Waals surface area contributed by atoms with Crippen molar-refractivity contribution >= 4 is 57.2 Å². The molecule has 0 aliphatic carbocycles. The van der Waals surface area contributed by atoms with Gasteiger partial charge in [0.25, 0.3) is 16.8 Å². The Labute approximate surface area is 239 Å². The molecule has 0 unspecified atom stereocenters. The molecule has 0 atom stereocenters. The van der Waals surface area contributed by atoms with Gasteiger partial charge >= 0.3 is 0 Å². The molecule has 2 amide bonds. The van der Waals surface area contributed by atoms with E-state index in [2.05, 4.69) is 24.3 Å². The lowest BCUT2D eigenvalue weighted by atomic mass is 10.1. The Balaban J connectivity index is 1.24. The van der Waals surface area contributed by atoms with Crippen LogP contribution >= 0.6 is 23.5 Å². The summed E-state index contributed by atoms with van der Waals surface area (Å²) in [5.41, 5.74) is 0.810. The fourth-order valence-electron chi connectivity index (χ4n) is 4.30. The molecule has 1 saturated heterocycles. The minimum atomic E-state index is -0.525. The molecule has 10 heteroatoms. The number of hydrogen-bond donors (Lipinski definition) is 0. The van der Waals surface area contributed by atoms with Gasteiger partial charge < -0.3 is 9.47 Å². The van der Waals surface area contributed by atoms with Crippen molar-refractivity contribution < 1.29 is 24.0 Å². The maximum absolute atomic E-state index is 13.0. The fourth-order valence-corrected chi connectivity index (χ4v) is 6.04. The van der Waals surface area contributed by atoms with Crippen molar-refractivity contribution in [2.24, 2.45) is 0 Å². The molecular formula is C30H24N2O6S2. The van der Waals surface area contributed by atoms with Crippen LogP contribution in [0.15, 0.2) is 94.7 Å². The highest BCUT2D eigenvalue weighted by Gasteiger charge is 2.36. The van der Waals surface area contributed by atoms with Gasteiger partial charge in [0.2, 0.25) is 0 Å². The fraction of sp³-hybridized carbons (Fsp3) is 0.133. The summed E-state index contributed by atoms with van der Waals surface area (Å²) in [5.74, 6) is 1.31. The summed E-state index contributed by atoms with van der Waals surface area (Å²) in [5, 5.41) is 13.3. The van der Waals surface area contributed by atoms with Gasteiger partial charge in [0.05, 0.1) is 30.1 Å². The summed E-state index contributed by atoms with van der Waals surface area (Å²) in [6.07, 6.45) is 1.60. The van der Waals surface area contributed by atoms with E-state index >= 15 is 0 Å². The zero-order chi connectivity index (χ0) is 28.1. The number of carbonyl (C=O) groups is 2. The zero-order valence-electron chi connectivity index (χ0n) is 21.4. The number of fused-ring (bicyclic) bond motifs is 1. The highest BCUT2D eigenvalue weighted by atomic mass is 32.2. The number of rotatable bonds is 10. The predicted octanol–water partition coefficient (Wildman–Crippen LogP) is 7.16. The smallest absolute Gasteiger partial charge is 0.293 e. The van der Waals surface area contributed by atoms with E-state index < -0.39 is 16.1 Å². The van der Waals surface area contributed by atoms with Gasteiger partial charge in [-0.2, -0.15) is 0 Å². The molecule has 1 heterocycles. The normalized spacial score (nSPS) is 14.2. The first kappa shape index (κ1) is 27.3. The van der Waals surface area contributed by atoms with E-state index in [-0.39, 0.29) is 22.7 Å². The quantitative estimate of drug-likeness (QED) is 0.0649. The van der Waals surface area contributed by atoms with Gasteiger partial charge in [-0.15, -0.1) is 11.8 Å². The van der Waals surface area contributed by atoms with Crippen LogP contribution in [0.3, 0.4) is 0 Å². The van der Waals surface area contributed by atoms with Crippen LogP contribution in [0.2, 0.25) is 0 Å². The Bertz CT molecular complexity index is 1630. The Kier molecular flexibility index (Phi) is 8.37. The van der Waals surface area contributed by atoms with E-state index in [1.54, 1.807) is 48.2 Å². The summed E-state index contributed by atoms with van der Waals surface area (Å²) in [6.45, 7) is 0.292. The van der Waals surface area contributed by atoms with Gasteiger partial charge in [-0.05, 0) is 52.4 Å². The first-order valence-corrected chi connectivity index (χ1v) is 14.1. The van der Waals surface area contributed by atoms with Crippen molar-refractivity contribution in [3.05, 3.63) is 111 Å². The number of methoxy groups -OCH3 is 1. The molecule has 40 heavy (non-hydrogen) atoms. The Morgan fingerprint density at radius 3 is 2.58 bits per heavy atom. The number of carbonyl (C=O) groups excluding carboxylic acids is 2. The zero-order valence-corrected chi connectivity index (χ0v) is 23.1. The predicted molar refractivity (Wildman–Crippen MR) is 158 cm³/mol. The number of thioether (sulfide) groups is 2. The van der Waals surface area contributed by atoms with E-state index in [1.807, 2.05) is 18.2 Å². The molecule has 0 radical (unpaired) electrons. The van der Waals surface area contributed by atoms with Crippen molar-refractivity contribution in [2.75, 3.05) is 19.5 Å². The van der Waals surface area contributed by atoms with E-state index in [1.165, 1.54) is 34.9 Å². The molecule has 0 saturated carbocycles. The van der Waals surface area contributed by atoms with Crippen LogP contribution in [0.4, 0.5) is 10.5 Å². The minimum absolute atomic E-state index is 0.138. The highest BCUT2D eigenvalue weighted by Crippen LogP contribution is 2.36. The van der Waals surface area contributed by atoms with E-state index in [4.69, 9.17) is 9.47 Å². The van der Waals surface area contributed by atoms with Crippen LogP contribution in [0.1, 0.15) is 11.1 Å². The van der Waals surface area contributed by atoms with Crippen LogP contribution in [-0.4, -0.2) is 40.4 Å². The molecule has 8 nitrogen and oxygen atoms in total. The average Bonchev–Trinajstić information content (AvgIpc) is 3.23. The maximum atomic E-state index is 13.0. The second kappa shape index (κ2) is 12.3. The second-order valence-electron chi connectivity index (χ2n) is 8.74. The molecule has 1 fully saturated rings. The summed E-state index contributed by atoms with van der Waals surface area (Å²) in [4.78, 5) is 38.8. The third-order valence-corrected chi connectivity index (χ3v) is 8.17. The van der Waals surface area contributed by atoms with Gasteiger partial charge in [0.15, 0.2) is 11.5 Å². The monoisotopic (exact) mass is 572 g/mol. The lowest BCUT2D eigenvalue weighted by Gasteiger charge is -2.13. The van der Waals surface area contributed by atoms with Crippen molar-refractivity contribution in [2.45, 2.75) is 11.4 Å². The van der Waals surface area contributed by atoms with Gasteiger partial charge in [0.1, 0.15) is 0 Å². The van der Waals surface area contributed by atoms with Crippen LogP contribution in [0.5, 0.6) is 11.5 Å². The van der Waals surface area contributed by atoms with E-state index in [9.17, 15) is 19.7 Å². The van der Waals surface area contributed by atoms with Crippen molar-refractivity contribution in [3.8, 4) is 11.5 Å². The number of benzene rings is 4. The van der Waals surface area contributed by atoms with Crippen molar-refractivity contribution in [1.29, 1.82) is 0 Å². The summed E-state index contributed by atoms with van der Waals surface area (Å²) >= 11 is 2.52. The Morgan fingerprint density at radius 1 is 0.975 bits per heavy atom. The number of para-hydroxylation sites is 1. The summed E-state index contributed by atoms with van der Waals surface area (Å²) in [6, 6.07) is 25.9. The third kappa shape index (κ3) is 5.98. The van der Waals surface area contributed by atoms with Gasteiger partial charge in [-0.1, -0.05) is 60.7 Å². The van der Waals surface area contributed by atoms with E-state index in [0.29, 0.717) is 23.7 Å². The Morgan fingerprint density at radius 2 is 1.75 bits per heavy atom. The lowest BCUT2D eigenvalue weighted by molar-refractivity contribution is -0.385. The maximum Gasteiger partial charge on any atom is 0.293 e. The number of nitro groups is 1. The Hall–Kier alpha value is -4.28. The van der Waals surface area contributed by atoms with Gasteiger partial charge in [0, 0.05) is 22.3 Å². The molecule has 0 N–H and O–H groups in total. The van der Waals surface area contributed by atoms with Crippen LogP contribution < -0.4 is 9.47 Å². The molecule has 0 spiro atoms. The van der Waals surface area contributed by atoms with Gasteiger partial charge in [-0.25, -0.2) is 0 Å². The average molecular weight is 573 g/mol. The molecule has 1 aliphatic rings. The summed E-state index contributed by atoms with van der Waals surface area (Å²) < 4.78 is 11.5. The number of imide groups is 1. The van der Waals surface area contributed by atoms with Crippen LogP contribution in [0.25, 0.3) is 16.8 Å². The van der Waals surface area contributed by atoms with Gasteiger partial charge in [-0.3, -0.25) is 24.6 Å². The van der Waals surface area contributed by atoms with Crippen LogP contribution in [-0.2, 0) is 11.3 Å². The first-order chi connectivity index (χ1) is 19.4. The van der Waals surface area contributed by atoms with Crippen LogP contribution in [0, 0.1) is 10.1 Å². The number of nitro benzene ring substituents is 1. The molecule has 5 rings (SSSR count). The number of ether oxygens (including phenoxy) is 2. The van der Waals surface area contributed by atoms with Crippen molar-refractivity contribution in [3.63, 3.8) is 0 Å². The molecule has 0 aromatic heterocycles. The number of nitrogens with zero attached hydrogens (tertiary/aromatic N) is 2. The topological polar surface area (TPSA) is 99.0 Å². The number of hydrogen-bond acceptors (Lipinski definition) is 8. The molecule has 4 aromatic carbocycles. The third-order valence-electron chi connectivity index (χ3n) is 6.22. The molecule has 0 bridgehead atoms. The largest absolute Gasteiger partial charge is 0.493 e. The molecule has 202 valence electrons. The molecular weight excluding hydrogens is 548 g/mol. The van der Waals surface area contributed by atoms with E-state index in [0.717, 1.165) is 22.4 Å². The number of amides is 2. The SMILES string of the molecule is COc1cc(/C=C2\SC(=O)N(Cc3ccccc3[N+](=O)[O-])C2=O)ccc1OCCSc1cccc2ccccc12.